The lowest BCUT2D eigenvalue weighted by molar-refractivity contribution is -0.132. The Balaban J connectivity index is 1.93. The van der Waals surface area contributed by atoms with Crippen molar-refractivity contribution < 1.29 is 19.1 Å². The molecule has 1 saturated heterocycles. The van der Waals surface area contributed by atoms with Gasteiger partial charge in [-0.3, -0.25) is 9.59 Å². The first-order chi connectivity index (χ1) is 11.4. The molecule has 0 unspecified atom stereocenters. The maximum Gasteiger partial charge on any atom is 0.252 e. The summed E-state index contributed by atoms with van der Waals surface area (Å²) in [6, 6.07) is 3.31. The van der Waals surface area contributed by atoms with Gasteiger partial charge < -0.3 is 20.5 Å². The van der Waals surface area contributed by atoms with Crippen molar-refractivity contribution in [1.82, 2.24) is 10.3 Å². The zero-order valence-corrected chi connectivity index (χ0v) is 14.2. The summed E-state index contributed by atoms with van der Waals surface area (Å²) in [6.07, 6.45) is 2.50. The summed E-state index contributed by atoms with van der Waals surface area (Å²) < 4.78 is 10.8. The van der Waals surface area contributed by atoms with Crippen LogP contribution in [0.4, 0.5) is 0 Å². The van der Waals surface area contributed by atoms with Crippen LogP contribution in [0.5, 0.6) is 5.88 Å². The Morgan fingerprint density at radius 2 is 2.08 bits per heavy atom. The molecule has 132 valence electrons. The van der Waals surface area contributed by atoms with Crippen LogP contribution < -0.4 is 15.8 Å². The Hall–Kier alpha value is -2.15. The molecule has 2 heterocycles. The van der Waals surface area contributed by atoms with Crippen molar-refractivity contribution in [2.75, 3.05) is 26.4 Å². The predicted octanol–water partition coefficient (Wildman–Crippen LogP) is 1.13. The lowest BCUT2D eigenvalue weighted by Crippen LogP contribution is -2.49. The third kappa shape index (κ3) is 4.67. The average Bonchev–Trinajstić information content (AvgIpc) is 2.59. The highest BCUT2D eigenvalue weighted by atomic mass is 16.5. The van der Waals surface area contributed by atoms with Crippen LogP contribution in [0.25, 0.3) is 0 Å². The average molecular weight is 335 g/mol. The fourth-order valence-corrected chi connectivity index (χ4v) is 2.48. The number of nitrogens with zero attached hydrogens (tertiary/aromatic N) is 1. The van der Waals surface area contributed by atoms with Crippen molar-refractivity contribution in [3.05, 3.63) is 23.9 Å². The minimum Gasteiger partial charge on any atom is -0.477 e. The molecular weight excluding hydrogens is 310 g/mol. The molecule has 24 heavy (non-hydrogen) atoms. The third-order valence-electron chi connectivity index (χ3n) is 4.12. The molecule has 0 aromatic carbocycles. The first-order valence-electron chi connectivity index (χ1n) is 8.18. The summed E-state index contributed by atoms with van der Waals surface area (Å²) in [4.78, 5) is 28.2. The maximum absolute atomic E-state index is 12.3. The van der Waals surface area contributed by atoms with Crippen molar-refractivity contribution >= 4 is 11.8 Å². The highest BCUT2D eigenvalue weighted by Crippen LogP contribution is 2.29. The molecule has 1 aromatic rings. The summed E-state index contributed by atoms with van der Waals surface area (Å²) >= 11 is 0. The molecule has 0 radical (unpaired) electrons. The van der Waals surface area contributed by atoms with Crippen LogP contribution in [-0.4, -0.2) is 43.2 Å². The first-order valence-corrected chi connectivity index (χ1v) is 8.18. The van der Waals surface area contributed by atoms with Gasteiger partial charge >= 0.3 is 0 Å². The van der Waals surface area contributed by atoms with E-state index >= 15 is 0 Å². The van der Waals surface area contributed by atoms with E-state index < -0.39 is 11.3 Å². The minimum absolute atomic E-state index is 0.204. The standard InChI is InChI=1S/C17H25N3O4/c1-12(2)10-24-14-4-3-13(9-19-14)15(21)20-11-17(16(18)22)5-7-23-8-6-17/h3-4,9,12H,5-8,10-11H2,1-2H3,(H2,18,22)(H,20,21). The normalized spacial score (nSPS) is 16.6. The molecule has 1 aliphatic rings. The number of primary amides is 1. The van der Waals surface area contributed by atoms with E-state index in [1.807, 2.05) is 13.8 Å². The fraction of sp³-hybridized carbons (Fsp3) is 0.588. The monoisotopic (exact) mass is 335 g/mol. The van der Waals surface area contributed by atoms with Gasteiger partial charge in [0.05, 0.1) is 17.6 Å². The second kappa shape index (κ2) is 8.10. The molecule has 0 saturated carbocycles. The van der Waals surface area contributed by atoms with Crippen LogP contribution >= 0.6 is 0 Å². The van der Waals surface area contributed by atoms with Gasteiger partial charge in [-0.25, -0.2) is 4.98 Å². The van der Waals surface area contributed by atoms with Crippen molar-refractivity contribution in [3.8, 4) is 5.88 Å². The number of hydrogen-bond acceptors (Lipinski definition) is 5. The number of carbonyl (C=O) groups excluding carboxylic acids is 2. The van der Waals surface area contributed by atoms with Crippen LogP contribution in [0, 0.1) is 11.3 Å². The van der Waals surface area contributed by atoms with Crippen LogP contribution in [0.1, 0.15) is 37.0 Å². The van der Waals surface area contributed by atoms with Gasteiger partial charge in [-0.05, 0) is 24.8 Å². The van der Waals surface area contributed by atoms with Crippen molar-refractivity contribution in [2.45, 2.75) is 26.7 Å². The molecule has 7 heteroatoms. The summed E-state index contributed by atoms with van der Waals surface area (Å²) in [5.41, 5.74) is 5.21. The number of nitrogens with one attached hydrogen (secondary N) is 1. The number of carbonyl (C=O) groups is 2. The number of nitrogens with two attached hydrogens (primary N) is 1. The Morgan fingerprint density at radius 3 is 2.62 bits per heavy atom. The number of hydrogen-bond donors (Lipinski definition) is 2. The zero-order valence-electron chi connectivity index (χ0n) is 14.2. The van der Waals surface area contributed by atoms with Gasteiger partial charge in [-0.1, -0.05) is 13.8 Å². The molecular formula is C17H25N3O4. The van der Waals surface area contributed by atoms with Gasteiger partial charge in [-0.2, -0.15) is 0 Å². The molecule has 0 aliphatic carbocycles. The lowest BCUT2D eigenvalue weighted by Gasteiger charge is -2.34. The van der Waals surface area contributed by atoms with E-state index in [2.05, 4.69) is 10.3 Å². The topological polar surface area (TPSA) is 104 Å². The minimum atomic E-state index is -0.734. The van der Waals surface area contributed by atoms with E-state index in [0.717, 1.165) is 0 Å². The second-order valence-corrected chi connectivity index (χ2v) is 6.53. The molecule has 2 rings (SSSR count). The van der Waals surface area contributed by atoms with Crippen molar-refractivity contribution in [2.24, 2.45) is 17.1 Å². The van der Waals surface area contributed by atoms with Gasteiger partial charge in [0.2, 0.25) is 11.8 Å². The van der Waals surface area contributed by atoms with Gasteiger partial charge in [0.25, 0.3) is 5.91 Å². The smallest absolute Gasteiger partial charge is 0.252 e. The van der Waals surface area contributed by atoms with E-state index in [0.29, 0.717) is 50.0 Å². The second-order valence-electron chi connectivity index (χ2n) is 6.53. The summed E-state index contributed by atoms with van der Waals surface area (Å²) in [5, 5.41) is 2.78. The first kappa shape index (κ1) is 18.2. The number of aromatic nitrogens is 1. The van der Waals surface area contributed by atoms with E-state index in [-0.39, 0.29) is 12.5 Å². The quantitative estimate of drug-likeness (QED) is 0.777. The SMILES string of the molecule is CC(C)COc1ccc(C(=O)NCC2(C(N)=O)CCOCC2)cn1. The predicted molar refractivity (Wildman–Crippen MR) is 88.6 cm³/mol. The third-order valence-corrected chi connectivity index (χ3v) is 4.12. The molecule has 0 atom stereocenters. The Kier molecular flexibility index (Phi) is 6.14. The lowest BCUT2D eigenvalue weighted by atomic mass is 9.79. The van der Waals surface area contributed by atoms with Crippen LogP contribution in [0.3, 0.4) is 0 Å². The van der Waals surface area contributed by atoms with Gasteiger partial charge in [0.15, 0.2) is 0 Å². The van der Waals surface area contributed by atoms with Crippen LogP contribution in [0.2, 0.25) is 0 Å². The molecule has 0 bridgehead atoms. The van der Waals surface area contributed by atoms with E-state index in [1.165, 1.54) is 6.20 Å². The molecule has 1 fully saturated rings. The van der Waals surface area contributed by atoms with Crippen LogP contribution in [-0.2, 0) is 9.53 Å². The van der Waals surface area contributed by atoms with Gasteiger partial charge in [0, 0.05) is 32.0 Å². The van der Waals surface area contributed by atoms with E-state index in [1.54, 1.807) is 12.1 Å². The summed E-state index contributed by atoms with van der Waals surface area (Å²) in [7, 11) is 0. The van der Waals surface area contributed by atoms with E-state index in [9.17, 15) is 9.59 Å². The summed E-state index contributed by atoms with van der Waals surface area (Å²) in [6.45, 7) is 5.82. The molecule has 1 aliphatic heterocycles. The van der Waals surface area contributed by atoms with E-state index in [4.69, 9.17) is 15.2 Å². The zero-order chi connectivity index (χ0) is 17.6. The fourth-order valence-electron chi connectivity index (χ4n) is 2.48. The number of amides is 2. The van der Waals surface area contributed by atoms with Crippen LogP contribution in [0.15, 0.2) is 18.3 Å². The number of ether oxygens (including phenoxy) is 2. The maximum atomic E-state index is 12.3. The Morgan fingerprint density at radius 1 is 1.38 bits per heavy atom. The molecule has 2 amide bonds. The molecule has 0 spiro atoms. The molecule has 1 aromatic heterocycles. The summed E-state index contributed by atoms with van der Waals surface area (Å²) in [5.74, 6) is 0.198. The largest absolute Gasteiger partial charge is 0.477 e. The highest BCUT2D eigenvalue weighted by Gasteiger charge is 2.38. The number of pyridine rings is 1. The Bertz CT molecular complexity index is 566. The Labute approximate surface area is 141 Å². The van der Waals surface area contributed by atoms with Crippen molar-refractivity contribution in [1.29, 1.82) is 0 Å². The molecule has 3 N–H and O–H groups in total. The highest BCUT2D eigenvalue weighted by molar-refractivity contribution is 5.94. The van der Waals surface area contributed by atoms with Crippen molar-refractivity contribution in [3.63, 3.8) is 0 Å². The van der Waals surface area contributed by atoms with Gasteiger partial charge in [-0.15, -0.1) is 0 Å². The molecule has 7 nitrogen and oxygen atoms in total. The van der Waals surface area contributed by atoms with Gasteiger partial charge in [0.1, 0.15) is 0 Å². The number of rotatable bonds is 7.